The Bertz CT molecular complexity index is 551. The SMILES string of the molecule is CCOC(=O)c1coc(NC2CCCS(=O)(=O)C2)n1. The number of nitrogens with one attached hydrogen (secondary N) is 1. The van der Waals surface area contributed by atoms with Gasteiger partial charge in [0.25, 0.3) is 6.01 Å². The van der Waals surface area contributed by atoms with Crippen LogP contribution in [0.3, 0.4) is 0 Å². The van der Waals surface area contributed by atoms with Crippen molar-refractivity contribution in [3.8, 4) is 0 Å². The molecule has 19 heavy (non-hydrogen) atoms. The maximum Gasteiger partial charge on any atom is 0.360 e. The van der Waals surface area contributed by atoms with Crippen LogP contribution >= 0.6 is 0 Å². The molecular formula is C11H16N2O5S. The summed E-state index contributed by atoms with van der Waals surface area (Å²) in [4.78, 5) is 15.3. The molecular weight excluding hydrogens is 272 g/mol. The molecule has 2 heterocycles. The smallest absolute Gasteiger partial charge is 0.360 e. The molecule has 0 radical (unpaired) electrons. The maximum absolute atomic E-state index is 11.5. The van der Waals surface area contributed by atoms with Gasteiger partial charge >= 0.3 is 5.97 Å². The van der Waals surface area contributed by atoms with Gasteiger partial charge in [-0.05, 0) is 19.8 Å². The Morgan fingerprint density at radius 2 is 2.42 bits per heavy atom. The molecule has 1 N–H and O–H groups in total. The quantitative estimate of drug-likeness (QED) is 0.819. The van der Waals surface area contributed by atoms with Gasteiger partial charge in [-0.2, -0.15) is 4.98 Å². The zero-order chi connectivity index (χ0) is 13.9. The molecule has 1 saturated heterocycles. The van der Waals surface area contributed by atoms with E-state index in [2.05, 4.69) is 10.3 Å². The predicted octanol–water partition coefficient (Wildman–Crippen LogP) is 0.840. The van der Waals surface area contributed by atoms with E-state index >= 15 is 0 Å². The van der Waals surface area contributed by atoms with E-state index in [0.29, 0.717) is 6.42 Å². The monoisotopic (exact) mass is 288 g/mol. The molecule has 7 nitrogen and oxygen atoms in total. The van der Waals surface area contributed by atoms with Crippen LogP contribution < -0.4 is 5.32 Å². The third-order valence-electron chi connectivity index (χ3n) is 2.78. The number of carbonyl (C=O) groups is 1. The third-order valence-corrected chi connectivity index (χ3v) is 4.60. The molecule has 1 aromatic rings. The molecule has 0 saturated carbocycles. The summed E-state index contributed by atoms with van der Waals surface area (Å²) in [6, 6.07) is -0.0856. The third kappa shape index (κ3) is 3.69. The summed E-state index contributed by atoms with van der Waals surface area (Å²) in [6.07, 6.45) is 2.54. The number of nitrogens with zero attached hydrogens (tertiary/aromatic N) is 1. The van der Waals surface area contributed by atoms with Gasteiger partial charge in [0.05, 0.1) is 18.1 Å². The standard InChI is InChI=1S/C11H16N2O5S/c1-2-17-10(14)9-6-18-11(13-9)12-8-4-3-5-19(15,16)7-8/h6,8H,2-5,7H2,1H3,(H,12,13). The first-order valence-corrected chi connectivity index (χ1v) is 7.92. The highest BCUT2D eigenvalue weighted by Crippen LogP contribution is 2.17. The number of sulfone groups is 1. The highest BCUT2D eigenvalue weighted by atomic mass is 32.2. The summed E-state index contributed by atoms with van der Waals surface area (Å²) < 4.78 is 32.8. The van der Waals surface area contributed by atoms with Crippen molar-refractivity contribution in [3.63, 3.8) is 0 Å². The molecule has 0 spiro atoms. The lowest BCUT2D eigenvalue weighted by Crippen LogP contribution is -2.34. The number of ether oxygens (including phenoxy) is 1. The number of aromatic nitrogens is 1. The van der Waals surface area contributed by atoms with Crippen molar-refractivity contribution in [1.82, 2.24) is 4.98 Å². The van der Waals surface area contributed by atoms with Gasteiger partial charge in [-0.15, -0.1) is 0 Å². The zero-order valence-electron chi connectivity index (χ0n) is 10.6. The van der Waals surface area contributed by atoms with Crippen molar-refractivity contribution in [1.29, 1.82) is 0 Å². The summed E-state index contributed by atoms with van der Waals surface area (Å²) in [7, 11) is -2.99. The fourth-order valence-electron chi connectivity index (χ4n) is 1.95. The Morgan fingerprint density at radius 3 is 3.11 bits per heavy atom. The number of anilines is 1. The number of hydrogen-bond donors (Lipinski definition) is 1. The average Bonchev–Trinajstić information content (AvgIpc) is 2.76. The average molecular weight is 288 g/mol. The Kier molecular flexibility index (Phi) is 4.08. The van der Waals surface area contributed by atoms with Crippen molar-refractivity contribution in [2.45, 2.75) is 25.8 Å². The van der Waals surface area contributed by atoms with Crippen molar-refractivity contribution in [2.75, 3.05) is 23.4 Å². The van der Waals surface area contributed by atoms with E-state index in [9.17, 15) is 13.2 Å². The minimum absolute atomic E-state index is 0.0596. The van der Waals surface area contributed by atoms with Crippen LogP contribution in [0.25, 0.3) is 0 Å². The van der Waals surface area contributed by atoms with Crippen molar-refractivity contribution < 1.29 is 22.4 Å². The second-order valence-corrected chi connectivity index (χ2v) is 6.58. The van der Waals surface area contributed by atoms with Gasteiger partial charge in [0, 0.05) is 6.04 Å². The number of hydrogen-bond acceptors (Lipinski definition) is 7. The summed E-state index contributed by atoms with van der Waals surface area (Å²) in [5, 5.41) is 2.89. The number of oxazole rings is 1. The molecule has 1 atom stereocenters. The van der Waals surface area contributed by atoms with Crippen molar-refractivity contribution in [2.24, 2.45) is 0 Å². The lowest BCUT2D eigenvalue weighted by molar-refractivity contribution is 0.0519. The van der Waals surface area contributed by atoms with Crippen LogP contribution in [0.1, 0.15) is 30.3 Å². The van der Waals surface area contributed by atoms with E-state index in [1.54, 1.807) is 6.92 Å². The highest BCUT2D eigenvalue weighted by molar-refractivity contribution is 7.91. The fraction of sp³-hybridized carbons (Fsp3) is 0.636. The molecule has 1 fully saturated rings. The molecule has 0 bridgehead atoms. The van der Waals surface area contributed by atoms with E-state index in [1.807, 2.05) is 0 Å². The minimum atomic E-state index is -2.99. The van der Waals surface area contributed by atoms with Crippen LogP contribution in [0.2, 0.25) is 0 Å². The molecule has 1 aliphatic heterocycles. The van der Waals surface area contributed by atoms with Gasteiger partial charge in [0.2, 0.25) is 0 Å². The second kappa shape index (κ2) is 5.60. The van der Waals surface area contributed by atoms with Gasteiger partial charge in [-0.1, -0.05) is 0 Å². The van der Waals surface area contributed by atoms with E-state index < -0.39 is 15.8 Å². The second-order valence-electron chi connectivity index (χ2n) is 4.36. The van der Waals surface area contributed by atoms with Crippen LogP contribution in [-0.2, 0) is 14.6 Å². The normalized spacial score (nSPS) is 21.8. The van der Waals surface area contributed by atoms with Crippen LogP contribution in [-0.4, -0.2) is 43.5 Å². The van der Waals surface area contributed by atoms with Crippen LogP contribution in [0.4, 0.5) is 6.01 Å². The number of carbonyl (C=O) groups excluding carboxylic acids is 1. The van der Waals surface area contributed by atoms with E-state index in [0.717, 1.165) is 6.42 Å². The summed E-state index contributed by atoms with van der Waals surface area (Å²) in [5.41, 5.74) is 0.0722. The van der Waals surface area contributed by atoms with Crippen LogP contribution in [0.5, 0.6) is 0 Å². The van der Waals surface area contributed by atoms with Gasteiger partial charge in [0.1, 0.15) is 6.26 Å². The number of rotatable bonds is 4. The van der Waals surface area contributed by atoms with E-state index in [-0.39, 0.29) is 35.9 Å². The minimum Gasteiger partial charge on any atom is -0.461 e. The molecule has 106 valence electrons. The molecule has 1 unspecified atom stereocenters. The van der Waals surface area contributed by atoms with Gasteiger partial charge in [-0.3, -0.25) is 0 Å². The molecule has 1 aliphatic rings. The molecule has 0 aliphatic carbocycles. The molecule has 0 amide bonds. The fourth-order valence-corrected chi connectivity index (χ4v) is 3.59. The maximum atomic E-state index is 11.5. The molecule has 0 aromatic carbocycles. The number of esters is 1. The van der Waals surface area contributed by atoms with Gasteiger partial charge in [-0.25, -0.2) is 13.2 Å². The van der Waals surface area contributed by atoms with Gasteiger partial charge < -0.3 is 14.5 Å². The topological polar surface area (TPSA) is 98.5 Å². The van der Waals surface area contributed by atoms with E-state index in [4.69, 9.17) is 9.15 Å². The van der Waals surface area contributed by atoms with Crippen molar-refractivity contribution >= 4 is 21.8 Å². The Morgan fingerprint density at radius 1 is 1.63 bits per heavy atom. The Hall–Kier alpha value is -1.57. The van der Waals surface area contributed by atoms with E-state index in [1.165, 1.54) is 6.26 Å². The van der Waals surface area contributed by atoms with Gasteiger partial charge in [0.15, 0.2) is 15.5 Å². The lowest BCUT2D eigenvalue weighted by Gasteiger charge is -2.21. The molecule has 2 rings (SSSR count). The predicted molar refractivity (Wildman–Crippen MR) is 67.8 cm³/mol. The Balaban J connectivity index is 1.98. The summed E-state index contributed by atoms with van der Waals surface area (Å²) in [6.45, 7) is 1.96. The molecule has 8 heteroatoms. The highest BCUT2D eigenvalue weighted by Gasteiger charge is 2.26. The zero-order valence-corrected chi connectivity index (χ0v) is 11.4. The largest absolute Gasteiger partial charge is 0.461 e. The summed E-state index contributed by atoms with van der Waals surface area (Å²) >= 11 is 0. The van der Waals surface area contributed by atoms with Crippen molar-refractivity contribution in [3.05, 3.63) is 12.0 Å². The summed E-state index contributed by atoms with van der Waals surface area (Å²) in [5.74, 6) is -0.273. The first-order chi connectivity index (χ1) is 9.00. The first-order valence-electron chi connectivity index (χ1n) is 6.10. The molecule has 1 aromatic heterocycles. The van der Waals surface area contributed by atoms with Crippen LogP contribution in [0, 0.1) is 0 Å². The lowest BCUT2D eigenvalue weighted by atomic mass is 10.2. The first kappa shape index (κ1) is 13.9. The van der Waals surface area contributed by atoms with Crippen LogP contribution in [0.15, 0.2) is 10.7 Å². The Labute approximate surface area is 111 Å².